The Balaban J connectivity index is 0.000000574. The molecule has 0 bridgehead atoms. The third kappa shape index (κ3) is 39.3. The molecule has 0 spiro atoms. The van der Waals surface area contributed by atoms with Gasteiger partial charge in [-0.3, -0.25) is 9.59 Å². The molecule has 41 heteroatoms. The van der Waals surface area contributed by atoms with Crippen LogP contribution in [0.1, 0.15) is 103 Å². The topological polar surface area (TPSA) is 187 Å². The standard InChI is InChI=1S/C24H41B19N3O10.C16H32BO3.B3.B2/c25-36(42(38-28-29-38)39-30-31-39)55-23(49)45-17-20(18-46-24(50)56-37(26)43(40-32-33-40)41-34-35-41)54-22(48)8-7-21(47)44-10-4-12-52-14-16-53-15-13-51-11-3-9-27-19-5-1-2-6-19;1-2-3-10-18-12-14-20-15-13-19-11-6-9-17-16-7-4-5-8-16;1-3-2;1-2/h19-20H,1-18H2,(H,44,47)(H,45,49)(H,46,50);16H,2-15H2,1H3;;. The van der Waals surface area contributed by atoms with E-state index in [1.807, 2.05) is 56.5 Å². The van der Waals surface area contributed by atoms with Gasteiger partial charge in [0.25, 0.3) is 0 Å². The zero-order valence-electron chi connectivity index (χ0n) is 48.6. The number of unbranched alkanes of at least 4 members (excludes halogenated alkanes) is 1. The molecule has 16 nitrogen and oxygen atoms in total. The number of hydrogen-bond acceptors (Lipinski definition) is 13. The number of ether oxygens (including phenoxy) is 7. The quantitative estimate of drug-likeness (QED) is 0.0310. The van der Waals surface area contributed by atoms with Crippen molar-refractivity contribution in [2.24, 2.45) is 0 Å². The first kappa shape index (κ1) is 74.1. The summed E-state index contributed by atoms with van der Waals surface area (Å²) in [6.45, 7) is 8.18. The van der Waals surface area contributed by atoms with Gasteiger partial charge >= 0.3 is 18.2 Å². The van der Waals surface area contributed by atoms with Crippen molar-refractivity contribution in [1.82, 2.24) is 16.0 Å². The maximum atomic E-state index is 12.8. The Morgan fingerprint density at radius 3 is 1.23 bits per heavy atom. The van der Waals surface area contributed by atoms with Gasteiger partial charge in [0.15, 0.2) is 0 Å². The molecule has 2 aliphatic carbocycles. The summed E-state index contributed by atoms with van der Waals surface area (Å²) < 4.78 is 49.5. The van der Waals surface area contributed by atoms with Crippen LogP contribution in [0.2, 0.25) is 24.3 Å². The molecular formula is C40H73B25N3O13. The number of hydrogen-bond donors (Lipinski definition) is 3. The summed E-state index contributed by atoms with van der Waals surface area (Å²) in [4.78, 5) is 50.4. The fourth-order valence-corrected chi connectivity index (χ4v) is 9.45. The van der Waals surface area contributed by atoms with Crippen LogP contribution in [-0.4, -0.2) is 305 Å². The summed E-state index contributed by atoms with van der Waals surface area (Å²) in [6, 6.07) is 0. The lowest BCUT2D eigenvalue weighted by Gasteiger charge is -2.23. The predicted octanol–water partition coefficient (Wildman–Crippen LogP) is -3.56. The molecule has 81 heavy (non-hydrogen) atoms. The van der Waals surface area contributed by atoms with Crippen LogP contribution in [0, 0.1) is 0 Å². The van der Waals surface area contributed by atoms with Crippen LogP contribution >= 0.6 is 0 Å². The van der Waals surface area contributed by atoms with Gasteiger partial charge < -0.3 is 58.4 Å². The molecule has 4 aliphatic heterocycles. The van der Waals surface area contributed by atoms with Crippen LogP contribution in [0.15, 0.2) is 0 Å². The van der Waals surface area contributed by atoms with E-state index in [0.717, 1.165) is 64.1 Å². The number of carbonyl (C=O) groups excluding carboxylic acids is 4. The molecule has 6 fully saturated rings. The molecular weight excluding hydrogens is 1000 g/mol. The van der Waals surface area contributed by atoms with Gasteiger partial charge in [-0.2, -0.15) is 0 Å². The second kappa shape index (κ2) is 48.9. The second-order valence-electron chi connectivity index (χ2n) is 20.9. The first-order valence-electron chi connectivity index (χ1n) is 29.9. The van der Waals surface area contributed by atoms with Gasteiger partial charge in [-0.05, 0) is 25.7 Å². The molecule has 0 aromatic rings. The molecule has 4 saturated heterocycles. The smallest absolute Gasteiger partial charge is 0.388 e. The van der Waals surface area contributed by atoms with Crippen molar-refractivity contribution in [2.45, 2.75) is 134 Å². The average Bonchev–Trinajstić information content (AvgIpc) is 4.31. The van der Waals surface area contributed by atoms with Gasteiger partial charge in [-0.1, -0.05) is 89.0 Å². The van der Waals surface area contributed by atoms with Gasteiger partial charge in [0.1, 0.15) is 20.7 Å². The van der Waals surface area contributed by atoms with Crippen molar-refractivity contribution in [1.29, 1.82) is 0 Å². The van der Waals surface area contributed by atoms with Crippen LogP contribution < -0.4 is 16.0 Å². The van der Waals surface area contributed by atoms with Crippen LogP contribution in [0.25, 0.3) is 0 Å². The van der Waals surface area contributed by atoms with Crippen LogP contribution in [0.3, 0.4) is 0 Å². The fraction of sp³-hybridized carbons (Fsp3) is 0.900. The highest BCUT2D eigenvalue weighted by Gasteiger charge is 2.52. The molecule has 3 amide bonds. The van der Waals surface area contributed by atoms with E-state index in [1.54, 1.807) is 0 Å². The van der Waals surface area contributed by atoms with Crippen LogP contribution in [0.5, 0.6) is 0 Å². The minimum Gasteiger partial charge on any atom is -0.540 e. The van der Waals surface area contributed by atoms with Crippen molar-refractivity contribution < 1.29 is 61.6 Å². The largest absolute Gasteiger partial charge is 0.540 e. The third-order valence-corrected chi connectivity index (χ3v) is 14.2. The summed E-state index contributed by atoms with van der Waals surface area (Å²) in [5.41, 5.74) is 0. The number of carbonyl (C=O) groups is 4. The second-order valence-corrected chi connectivity index (χ2v) is 20.9. The Hall–Kier alpha value is -1.14. The molecule has 6 aliphatic rings. The van der Waals surface area contributed by atoms with Crippen molar-refractivity contribution in [3.8, 4) is 0 Å². The lowest BCUT2D eigenvalue weighted by molar-refractivity contribution is -0.149. The molecule has 23 radical (unpaired) electrons. The minimum absolute atomic E-state index is 0.0754. The number of nitrogens with one attached hydrogen (secondary N) is 3. The van der Waals surface area contributed by atoms with E-state index >= 15 is 0 Å². The maximum absolute atomic E-state index is 12.8. The van der Waals surface area contributed by atoms with Crippen molar-refractivity contribution >= 4 is 200 Å². The van der Waals surface area contributed by atoms with E-state index in [0.29, 0.717) is 72.4 Å². The lowest BCUT2D eigenvalue weighted by atomic mass is 8.73. The summed E-state index contributed by atoms with van der Waals surface area (Å²) in [7, 11) is 51.4. The zero-order valence-corrected chi connectivity index (χ0v) is 48.6. The van der Waals surface area contributed by atoms with Crippen LogP contribution in [0.4, 0.5) is 9.59 Å². The Bertz CT molecular complexity index is 1540. The molecule has 6 rings (SSSR count). The molecule has 401 valence electrons. The zero-order chi connectivity index (χ0) is 58.6. The normalized spacial score (nSPS) is 14.8. The number of amides is 3. The van der Waals surface area contributed by atoms with Crippen molar-refractivity contribution in [3.05, 3.63) is 0 Å². The highest BCUT2D eigenvalue weighted by molar-refractivity contribution is 8.21. The Kier molecular flexibility index (Phi) is 44.8. The molecule has 0 unspecified atom stereocenters. The van der Waals surface area contributed by atoms with E-state index in [4.69, 9.17) is 57.9 Å². The predicted molar refractivity (Wildman–Crippen MR) is 353 cm³/mol. The van der Waals surface area contributed by atoms with Crippen molar-refractivity contribution in [3.63, 3.8) is 0 Å². The lowest BCUT2D eigenvalue weighted by Crippen LogP contribution is -2.56. The monoisotopic (exact) mass is 1080 g/mol. The van der Waals surface area contributed by atoms with E-state index in [9.17, 15) is 19.2 Å². The van der Waals surface area contributed by atoms with Crippen LogP contribution in [-0.2, 0) is 52.1 Å². The Labute approximate surface area is 507 Å². The van der Waals surface area contributed by atoms with E-state index in [-0.39, 0.29) is 70.1 Å². The number of esters is 1. The van der Waals surface area contributed by atoms with E-state index < -0.39 is 37.7 Å². The SMILES string of the molecule is CCCCOCCOCCOCCC[B]C1CCCC1.[B]B(OC(=O)NCC(CNC(=O)OB([B])B(B1[B][B]1)B1[B][B]1)OC(=O)CCC(=O)NCCCOCCOCCOCCC[B]C1CCCC1)B(B1[B][B]1)B1[B][B]1.[B][B].[B][B][B]. The molecule has 0 atom stereocenters. The molecule has 0 aromatic heterocycles. The van der Waals surface area contributed by atoms with Crippen molar-refractivity contribution in [2.75, 3.05) is 98.9 Å². The Morgan fingerprint density at radius 1 is 0.531 bits per heavy atom. The highest BCUT2D eigenvalue weighted by Crippen LogP contribution is 2.31. The average molecular weight is 1070 g/mol. The molecule has 2 saturated carbocycles. The van der Waals surface area contributed by atoms with Gasteiger partial charge in [0, 0.05) is 159 Å². The number of rotatable bonds is 45. The first-order chi connectivity index (χ1) is 39.6. The molecule has 0 aromatic carbocycles. The molecule has 4 heterocycles. The summed E-state index contributed by atoms with van der Waals surface area (Å²) in [5.74, 6) is 0.702. The van der Waals surface area contributed by atoms with Gasteiger partial charge in [0.05, 0.1) is 101 Å². The fourth-order valence-electron chi connectivity index (χ4n) is 9.45. The summed E-state index contributed by atoms with van der Waals surface area (Å²) >= 11 is 0. The summed E-state index contributed by atoms with van der Waals surface area (Å²) in [5, 5.41) is 7.90. The van der Waals surface area contributed by atoms with Gasteiger partial charge in [-0.25, -0.2) is 9.59 Å². The van der Waals surface area contributed by atoms with E-state index in [2.05, 4.69) is 68.4 Å². The van der Waals surface area contributed by atoms with Gasteiger partial charge in [-0.15, -0.1) is 0 Å². The minimum atomic E-state index is -1.00. The first-order valence-corrected chi connectivity index (χ1v) is 29.9. The van der Waals surface area contributed by atoms with Gasteiger partial charge in [0.2, 0.25) is 19.3 Å². The molecule has 3 N–H and O–H groups in total. The Morgan fingerprint density at radius 2 is 0.877 bits per heavy atom. The highest BCUT2D eigenvalue weighted by atomic mass is 16.6. The summed E-state index contributed by atoms with van der Waals surface area (Å²) in [6.07, 6.45) is 16.2. The maximum Gasteiger partial charge on any atom is 0.388 e. The third-order valence-electron chi connectivity index (χ3n) is 14.2. The van der Waals surface area contributed by atoms with E-state index in [1.165, 1.54) is 64.1 Å².